The van der Waals surface area contributed by atoms with Gasteiger partial charge in [-0.25, -0.2) is 9.37 Å². The zero-order valence-electron chi connectivity index (χ0n) is 21.1. The van der Waals surface area contributed by atoms with Crippen molar-refractivity contribution in [3.63, 3.8) is 0 Å². The maximum absolute atomic E-state index is 14.4. The third kappa shape index (κ3) is 5.57. The van der Waals surface area contributed by atoms with Crippen LogP contribution < -0.4 is 21.7 Å². The molecule has 3 aliphatic carbocycles. The highest BCUT2D eigenvalue weighted by molar-refractivity contribution is 5.99. The first-order chi connectivity index (χ1) is 18.3. The minimum Gasteiger partial charge on any atom is -0.338 e. The number of anilines is 5. The zero-order valence-corrected chi connectivity index (χ0v) is 21.1. The number of halogens is 1. The Labute approximate surface area is 221 Å². The van der Waals surface area contributed by atoms with E-state index in [-0.39, 0.29) is 28.6 Å². The molecule has 0 atom stereocenters. The summed E-state index contributed by atoms with van der Waals surface area (Å²) >= 11 is 0. The van der Waals surface area contributed by atoms with Crippen molar-refractivity contribution < 1.29 is 14.0 Å². The number of Topliss-reactive ketones (excluding diaryl/α,β-unsaturated/α-hetero) is 1. The van der Waals surface area contributed by atoms with E-state index in [9.17, 15) is 14.0 Å². The molecular weight excluding hydrogens is 483 g/mol. The summed E-state index contributed by atoms with van der Waals surface area (Å²) in [7, 11) is 0. The average Bonchev–Trinajstić information content (AvgIpc) is 2.92. The smallest absolute Gasteiger partial charge is 0.247 e. The molecule has 0 unspecified atom stereocenters. The number of aromatic nitrogens is 2. The molecule has 38 heavy (non-hydrogen) atoms. The van der Waals surface area contributed by atoms with Crippen LogP contribution in [0.15, 0.2) is 67.4 Å². The van der Waals surface area contributed by atoms with E-state index < -0.39 is 5.82 Å². The number of nitrogens with zero attached hydrogens (tertiary/aromatic N) is 2. The SMILES string of the molecule is C=CC(=O)Nc1cccc(Nc2nc(Nc3ccc(CC(=O)C45CCC(N)(CC4)CC5)cc3)ncc2F)c1. The number of nitrogens with two attached hydrogens (primary N) is 1. The van der Waals surface area contributed by atoms with Crippen LogP contribution >= 0.6 is 0 Å². The van der Waals surface area contributed by atoms with E-state index >= 15 is 0 Å². The molecule has 1 amide bonds. The van der Waals surface area contributed by atoms with Gasteiger partial charge in [0.25, 0.3) is 0 Å². The molecule has 0 aliphatic heterocycles. The van der Waals surface area contributed by atoms with E-state index in [1.807, 2.05) is 24.3 Å². The fourth-order valence-electron chi connectivity index (χ4n) is 5.36. The lowest BCUT2D eigenvalue weighted by molar-refractivity contribution is -0.134. The average molecular weight is 515 g/mol. The molecule has 2 bridgehead atoms. The van der Waals surface area contributed by atoms with Gasteiger partial charge in [0.05, 0.1) is 6.20 Å². The number of ketones is 1. The summed E-state index contributed by atoms with van der Waals surface area (Å²) in [5, 5.41) is 8.66. The number of nitrogens with one attached hydrogen (secondary N) is 3. The van der Waals surface area contributed by atoms with E-state index in [1.165, 1.54) is 6.08 Å². The van der Waals surface area contributed by atoms with E-state index in [0.29, 0.717) is 29.3 Å². The van der Waals surface area contributed by atoms with Gasteiger partial charge in [-0.15, -0.1) is 0 Å². The number of hydrogen-bond acceptors (Lipinski definition) is 7. The first-order valence-electron chi connectivity index (χ1n) is 12.8. The van der Waals surface area contributed by atoms with Crippen LogP contribution in [0.25, 0.3) is 0 Å². The molecule has 0 radical (unpaired) electrons. The Morgan fingerprint density at radius 1 is 0.974 bits per heavy atom. The monoisotopic (exact) mass is 514 g/mol. The third-order valence-corrected chi connectivity index (χ3v) is 7.79. The molecule has 1 heterocycles. The maximum Gasteiger partial charge on any atom is 0.247 e. The van der Waals surface area contributed by atoms with Gasteiger partial charge in [0, 0.05) is 34.4 Å². The van der Waals surface area contributed by atoms with Crippen LogP contribution in [0.1, 0.15) is 44.1 Å². The van der Waals surface area contributed by atoms with Crippen LogP contribution in [-0.2, 0) is 16.0 Å². The number of amides is 1. The zero-order chi connectivity index (χ0) is 26.8. The number of hydrogen-bond donors (Lipinski definition) is 4. The molecular formula is C29H31FN6O2. The van der Waals surface area contributed by atoms with Crippen LogP contribution in [0.5, 0.6) is 0 Å². The van der Waals surface area contributed by atoms with Gasteiger partial charge >= 0.3 is 0 Å². The van der Waals surface area contributed by atoms with E-state index in [1.54, 1.807) is 24.3 Å². The molecule has 3 aromatic rings. The van der Waals surface area contributed by atoms with Gasteiger partial charge in [0.15, 0.2) is 11.6 Å². The van der Waals surface area contributed by atoms with E-state index in [4.69, 9.17) is 5.73 Å². The molecule has 8 nitrogen and oxygen atoms in total. The van der Waals surface area contributed by atoms with Gasteiger partial charge in [-0.1, -0.05) is 24.8 Å². The second-order valence-corrected chi connectivity index (χ2v) is 10.4. The van der Waals surface area contributed by atoms with Crippen molar-refractivity contribution in [2.75, 3.05) is 16.0 Å². The lowest BCUT2D eigenvalue weighted by Gasteiger charge is -2.51. The second kappa shape index (κ2) is 10.3. The van der Waals surface area contributed by atoms with Crippen LogP contribution in [-0.4, -0.2) is 27.2 Å². The Morgan fingerprint density at radius 2 is 1.66 bits per heavy atom. The van der Waals surface area contributed by atoms with Crippen LogP contribution in [0, 0.1) is 11.2 Å². The molecule has 6 rings (SSSR count). The Hall–Kier alpha value is -4.11. The molecule has 9 heteroatoms. The van der Waals surface area contributed by atoms with Gasteiger partial charge in [-0.2, -0.15) is 4.98 Å². The Kier molecular flexibility index (Phi) is 6.94. The summed E-state index contributed by atoms with van der Waals surface area (Å²) in [5.74, 6) is -0.463. The van der Waals surface area contributed by atoms with Crippen molar-refractivity contribution in [1.82, 2.24) is 9.97 Å². The van der Waals surface area contributed by atoms with Crippen LogP contribution in [0.3, 0.4) is 0 Å². The number of benzene rings is 2. The Balaban J connectivity index is 1.22. The number of carbonyl (C=O) groups excluding carboxylic acids is 2. The largest absolute Gasteiger partial charge is 0.338 e. The number of carbonyl (C=O) groups is 2. The fraction of sp³-hybridized carbons (Fsp3) is 0.310. The molecule has 0 saturated heterocycles. The molecule has 3 aliphatic rings. The minimum absolute atomic E-state index is 0.0161. The lowest BCUT2D eigenvalue weighted by atomic mass is 9.55. The highest BCUT2D eigenvalue weighted by Gasteiger charge is 2.50. The summed E-state index contributed by atoms with van der Waals surface area (Å²) in [4.78, 5) is 33.0. The second-order valence-electron chi connectivity index (χ2n) is 10.4. The van der Waals surface area contributed by atoms with E-state index in [0.717, 1.165) is 50.3 Å². The summed E-state index contributed by atoms with van der Waals surface area (Å²) in [6, 6.07) is 14.4. The predicted octanol–water partition coefficient (Wildman–Crippen LogP) is 5.39. The van der Waals surface area contributed by atoms with Gasteiger partial charge in [-0.3, -0.25) is 9.59 Å². The van der Waals surface area contributed by atoms with Gasteiger partial charge < -0.3 is 21.7 Å². The van der Waals surface area contributed by atoms with Gasteiger partial charge in [0.1, 0.15) is 5.78 Å². The predicted molar refractivity (Wildman–Crippen MR) is 146 cm³/mol. The van der Waals surface area contributed by atoms with Crippen molar-refractivity contribution in [1.29, 1.82) is 0 Å². The highest BCUT2D eigenvalue weighted by Crippen LogP contribution is 2.52. The highest BCUT2D eigenvalue weighted by atomic mass is 19.1. The lowest BCUT2D eigenvalue weighted by Crippen LogP contribution is -2.54. The Morgan fingerprint density at radius 3 is 2.34 bits per heavy atom. The van der Waals surface area contributed by atoms with Crippen molar-refractivity contribution >= 4 is 40.5 Å². The molecule has 3 saturated carbocycles. The van der Waals surface area contributed by atoms with Crippen LogP contribution in [0.2, 0.25) is 0 Å². The molecule has 5 N–H and O–H groups in total. The molecule has 3 fully saturated rings. The topological polar surface area (TPSA) is 122 Å². The molecule has 1 aromatic heterocycles. The van der Waals surface area contributed by atoms with Gasteiger partial charge in [0.2, 0.25) is 11.9 Å². The number of fused-ring (bicyclic) bond motifs is 3. The quantitative estimate of drug-likeness (QED) is 0.282. The first kappa shape index (κ1) is 25.5. The standard InChI is InChI=1S/C29H31FN6O2/c1-2-25(38)33-21-4-3-5-22(17-21)34-26-23(30)18-32-27(36-26)35-20-8-6-19(7-9-20)16-24(37)28-10-13-29(31,14-11-28)15-12-28/h2-9,17-18H,1,10-16,31H2,(H,33,38)(H2,32,34,35,36). The normalized spacial score (nSPS) is 21.9. The fourth-order valence-corrected chi connectivity index (χ4v) is 5.36. The Bertz CT molecular complexity index is 1350. The van der Waals surface area contributed by atoms with Crippen molar-refractivity contribution in [2.24, 2.45) is 11.1 Å². The molecule has 196 valence electrons. The van der Waals surface area contributed by atoms with Crippen LogP contribution in [0.4, 0.5) is 33.2 Å². The van der Waals surface area contributed by atoms with Crippen molar-refractivity contribution in [2.45, 2.75) is 50.5 Å². The third-order valence-electron chi connectivity index (χ3n) is 7.79. The first-order valence-corrected chi connectivity index (χ1v) is 12.8. The summed E-state index contributed by atoms with van der Waals surface area (Å²) in [6.45, 7) is 3.43. The van der Waals surface area contributed by atoms with Crippen molar-refractivity contribution in [3.8, 4) is 0 Å². The summed E-state index contributed by atoms with van der Waals surface area (Å²) < 4.78 is 14.4. The van der Waals surface area contributed by atoms with Crippen molar-refractivity contribution in [3.05, 3.63) is 78.8 Å². The number of rotatable bonds is 9. The molecule has 0 spiro atoms. The van der Waals surface area contributed by atoms with Gasteiger partial charge in [-0.05, 0) is 80.5 Å². The minimum atomic E-state index is -0.624. The maximum atomic E-state index is 14.4. The molecule has 2 aromatic carbocycles. The van der Waals surface area contributed by atoms with E-state index in [2.05, 4.69) is 32.5 Å². The summed E-state index contributed by atoms with van der Waals surface area (Å²) in [5.41, 5.74) is 8.88. The summed E-state index contributed by atoms with van der Waals surface area (Å²) in [6.07, 6.45) is 8.16.